The number of halogens is 2. The Balaban J connectivity index is 1.89. The number of aliphatic hydroxyl groups excluding tert-OH is 1. The van der Waals surface area contributed by atoms with Crippen LogP contribution >= 0.6 is 11.6 Å². The highest BCUT2D eigenvalue weighted by molar-refractivity contribution is 6.31. The Morgan fingerprint density at radius 3 is 2.83 bits per heavy atom. The van der Waals surface area contributed by atoms with Gasteiger partial charge in [0.25, 0.3) is 0 Å². The van der Waals surface area contributed by atoms with Crippen LogP contribution in [0.25, 0.3) is 22.2 Å². The number of benzene rings is 1. The van der Waals surface area contributed by atoms with Crippen LogP contribution in [0.1, 0.15) is 35.4 Å². The minimum absolute atomic E-state index is 0.0472. The van der Waals surface area contributed by atoms with Crippen molar-refractivity contribution in [3.63, 3.8) is 0 Å². The molecule has 3 heterocycles. The van der Waals surface area contributed by atoms with Crippen LogP contribution in [0.3, 0.4) is 0 Å². The molecule has 4 aromatic rings. The highest BCUT2D eigenvalue weighted by atomic mass is 35.5. The Bertz CT molecular complexity index is 1250. The normalized spacial score (nSPS) is 12.5. The van der Waals surface area contributed by atoms with Crippen molar-refractivity contribution in [1.29, 1.82) is 0 Å². The first-order valence-electron chi connectivity index (χ1n) is 9.50. The molecule has 0 bridgehead atoms. The van der Waals surface area contributed by atoms with Crippen LogP contribution in [0.4, 0.5) is 4.39 Å². The maximum atomic E-state index is 14.2. The zero-order valence-corrected chi connectivity index (χ0v) is 17.9. The van der Waals surface area contributed by atoms with Crippen LogP contribution in [0, 0.1) is 12.7 Å². The zero-order valence-electron chi connectivity index (χ0n) is 17.1. The second-order valence-electron chi connectivity index (χ2n) is 7.25. The van der Waals surface area contributed by atoms with Gasteiger partial charge >= 0.3 is 0 Å². The van der Waals surface area contributed by atoms with Gasteiger partial charge < -0.3 is 14.8 Å². The summed E-state index contributed by atoms with van der Waals surface area (Å²) in [6.45, 7) is 3.72. The van der Waals surface area contributed by atoms with E-state index in [1.54, 1.807) is 24.0 Å². The number of aliphatic hydroxyl groups is 1. The van der Waals surface area contributed by atoms with E-state index >= 15 is 0 Å². The van der Waals surface area contributed by atoms with Crippen LogP contribution in [-0.4, -0.2) is 32.0 Å². The van der Waals surface area contributed by atoms with E-state index in [1.165, 1.54) is 13.2 Å². The van der Waals surface area contributed by atoms with E-state index in [0.29, 0.717) is 22.7 Å². The molecule has 0 aliphatic heterocycles. The topological polar surface area (TPSA) is 76.0 Å². The molecule has 4 rings (SSSR count). The van der Waals surface area contributed by atoms with E-state index in [2.05, 4.69) is 15.1 Å². The highest BCUT2D eigenvalue weighted by Crippen LogP contribution is 2.41. The number of aromatic amines is 1. The number of pyridine rings is 1. The first-order valence-corrected chi connectivity index (χ1v) is 9.87. The average molecular weight is 429 g/mol. The first kappa shape index (κ1) is 20.4. The van der Waals surface area contributed by atoms with Gasteiger partial charge in [-0.15, -0.1) is 0 Å². The molecule has 1 atom stereocenters. The largest absolute Gasteiger partial charge is 0.496 e. The molecule has 0 saturated heterocycles. The quantitative estimate of drug-likeness (QED) is 0.482. The molecule has 0 amide bonds. The first-order chi connectivity index (χ1) is 14.4. The predicted molar refractivity (Wildman–Crippen MR) is 114 cm³/mol. The lowest BCUT2D eigenvalue weighted by molar-refractivity contribution is 0.271. The minimum Gasteiger partial charge on any atom is -0.496 e. The summed E-state index contributed by atoms with van der Waals surface area (Å²) in [6.07, 6.45) is 3.61. The lowest BCUT2D eigenvalue weighted by Gasteiger charge is -2.17. The Labute approximate surface area is 178 Å². The van der Waals surface area contributed by atoms with Gasteiger partial charge in [-0.3, -0.25) is 4.68 Å². The van der Waals surface area contributed by atoms with Gasteiger partial charge in [0.1, 0.15) is 17.2 Å². The zero-order chi connectivity index (χ0) is 21.6. The number of fused-ring (bicyclic) bond motifs is 1. The van der Waals surface area contributed by atoms with E-state index in [-0.39, 0.29) is 17.5 Å². The van der Waals surface area contributed by atoms with Gasteiger partial charge in [-0.2, -0.15) is 5.10 Å². The summed E-state index contributed by atoms with van der Waals surface area (Å²) in [5.74, 6) is -0.212. The van der Waals surface area contributed by atoms with E-state index < -0.39 is 5.82 Å². The Hall–Kier alpha value is -2.90. The van der Waals surface area contributed by atoms with Crippen LogP contribution in [0.5, 0.6) is 5.75 Å². The van der Waals surface area contributed by atoms with Crippen LogP contribution < -0.4 is 4.74 Å². The number of aromatic nitrogens is 4. The van der Waals surface area contributed by atoms with Crippen molar-refractivity contribution in [3.8, 4) is 16.9 Å². The molecule has 3 aromatic heterocycles. The summed E-state index contributed by atoms with van der Waals surface area (Å²) >= 11 is 6.31. The average Bonchev–Trinajstić information content (AvgIpc) is 3.28. The number of nitrogens with one attached hydrogen (secondary N) is 1. The summed E-state index contributed by atoms with van der Waals surface area (Å²) in [5, 5.41) is 15.2. The summed E-state index contributed by atoms with van der Waals surface area (Å²) in [5.41, 5.74) is 5.44. The Morgan fingerprint density at radius 2 is 2.13 bits per heavy atom. The molecule has 0 saturated carbocycles. The molecule has 30 heavy (non-hydrogen) atoms. The van der Waals surface area contributed by atoms with Gasteiger partial charge in [0, 0.05) is 47.4 Å². The fourth-order valence-corrected chi connectivity index (χ4v) is 4.39. The van der Waals surface area contributed by atoms with Crippen LogP contribution in [0.15, 0.2) is 30.6 Å². The number of nitrogens with zero attached hydrogens (tertiary/aromatic N) is 3. The maximum absolute atomic E-state index is 14.2. The minimum atomic E-state index is -0.489. The molecular formula is C22H22ClFN4O2. The molecule has 2 N–H and O–H groups in total. The van der Waals surface area contributed by atoms with Crippen molar-refractivity contribution in [2.75, 3.05) is 7.11 Å². The van der Waals surface area contributed by atoms with Gasteiger partial charge in [0.2, 0.25) is 0 Å². The summed E-state index contributed by atoms with van der Waals surface area (Å²) in [7, 11) is 3.34. The monoisotopic (exact) mass is 428 g/mol. The number of ether oxygens (including phenoxy) is 1. The lowest BCUT2D eigenvalue weighted by Crippen LogP contribution is -2.02. The van der Waals surface area contributed by atoms with Crippen molar-refractivity contribution in [2.24, 2.45) is 7.05 Å². The predicted octanol–water partition coefficient (Wildman–Crippen LogP) is 4.72. The number of aryl methyl sites for hydroxylation is 2. The molecule has 0 spiro atoms. The third kappa shape index (κ3) is 3.14. The van der Waals surface area contributed by atoms with Crippen molar-refractivity contribution >= 4 is 22.6 Å². The molecule has 0 aliphatic rings. The van der Waals surface area contributed by atoms with Crippen molar-refractivity contribution in [1.82, 2.24) is 19.7 Å². The second-order valence-corrected chi connectivity index (χ2v) is 7.63. The smallest absolute Gasteiger partial charge is 0.142 e. The molecule has 0 radical (unpaired) electrons. The molecule has 1 aromatic carbocycles. The van der Waals surface area contributed by atoms with Crippen LogP contribution in [0.2, 0.25) is 5.02 Å². The van der Waals surface area contributed by atoms with E-state index in [1.807, 2.05) is 26.1 Å². The molecule has 0 aliphatic carbocycles. The summed E-state index contributed by atoms with van der Waals surface area (Å²) in [4.78, 5) is 7.73. The molecule has 156 valence electrons. The summed E-state index contributed by atoms with van der Waals surface area (Å²) in [6, 6.07) is 4.89. The number of H-pyrrole nitrogens is 1. The molecule has 8 heteroatoms. The summed E-state index contributed by atoms with van der Waals surface area (Å²) < 4.78 is 21.3. The highest BCUT2D eigenvalue weighted by Gasteiger charge is 2.23. The SMILES string of the molecule is COc1ccc(F)c(Cl)c1C(C)c1c[nH]c2ncc(-c3c(C)nn(C)c3CO)cc12. The fourth-order valence-electron chi connectivity index (χ4n) is 4.07. The van der Waals surface area contributed by atoms with Crippen molar-refractivity contribution in [2.45, 2.75) is 26.4 Å². The van der Waals surface area contributed by atoms with Gasteiger partial charge in [0.05, 0.1) is 30.1 Å². The Kier molecular flexibility index (Phi) is 5.26. The number of hydrogen-bond acceptors (Lipinski definition) is 4. The van der Waals surface area contributed by atoms with Gasteiger partial charge in [-0.05, 0) is 30.7 Å². The maximum Gasteiger partial charge on any atom is 0.142 e. The van der Waals surface area contributed by atoms with Crippen LogP contribution in [-0.2, 0) is 13.7 Å². The van der Waals surface area contributed by atoms with E-state index in [0.717, 1.165) is 27.8 Å². The molecule has 1 unspecified atom stereocenters. The Morgan fingerprint density at radius 1 is 1.37 bits per heavy atom. The molecular weight excluding hydrogens is 407 g/mol. The number of methoxy groups -OCH3 is 1. The standard InChI is InChI=1S/C22H22ClFN4O2/c1-11(19-18(30-4)6-5-16(24)21(19)23)15-9-26-22-14(15)7-13(8-25-22)20-12(2)27-28(3)17(20)10-29/h5-9,11,29H,10H2,1-4H3,(H,25,26). The molecule has 0 fully saturated rings. The van der Waals surface area contributed by atoms with Gasteiger partial charge in [-0.25, -0.2) is 9.37 Å². The number of rotatable bonds is 5. The third-order valence-electron chi connectivity index (χ3n) is 5.55. The van der Waals surface area contributed by atoms with Gasteiger partial charge in [-0.1, -0.05) is 18.5 Å². The van der Waals surface area contributed by atoms with Crippen molar-refractivity contribution in [3.05, 3.63) is 63.9 Å². The van der Waals surface area contributed by atoms with E-state index in [4.69, 9.17) is 16.3 Å². The number of hydrogen-bond donors (Lipinski definition) is 2. The van der Waals surface area contributed by atoms with Gasteiger partial charge in [0.15, 0.2) is 0 Å². The third-order valence-corrected chi connectivity index (χ3v) is 5.94. The van der Waals surface area contributed by atoms with E-state index in [9.17, 15) is 9.50 Å². The lowest BCUT2D eigenvalue weighted by atomic mass is 9.91. The molecule has 6 nitrogen and oxygen atoms in total. The fraction of sp³-hybridized carbons (Fsp3) is 0.273. The van der Waals surface area contributed by atoms with Crippen molar-refractivity contribution < 1.29 is 14.2 Å². The second kappa shape index (κ2) is 7.74.